The number of aliphatic hydroxyl groups is 7. The Hall–Kier alpha value is -1.41. The number of hydrogen-bond donors (Lipinski definition) is 8. The molecule has 9 atom stereocenters. The van der Waals surface area contributed by atoms with Crippen molar-refractivity contribution in [3.63, 3.8) is 0 Å². The monoisotopic (exact) mass is 716 g/mol. The first-order valence-electron chi connectivity index (χ1n) is 19.7. The van der Waals surface area contributed by atoms with Gasteiger partial charge in [0.15, 0.2) is 6.29 Å². The van der Waals surface area contributed by atoms with Crippen molar-refractivity contribution in [2.45, 2.75) is 204 Å². The van der Waals surface area contributed by atoms with Crippen molar-refractivity contribution in [1.29, 1.82) is 0 Å². The van der Waals surface area contributed by atoms with Crippen molar-refractivity contribution in [1.82, 2.24) is 5.32 Å². The lowest BCUT2D eigenvalue weighted by atomic mass is 9.98. The molecule has 50 heavy (non-hydrogen) atoms. The largest absolute Gasteiger partial charge is 0.394 e. The van der Waals surface area contributed by atoms with Crippen LogP contribution in [0.1, 0.15) is 149 Å². The molecule has 0 aromatic rings. The number of allylic oxidation sites excluding steroid dienone is 4. The number of carbonyl (C=O) groups excluding carboxylic acids is 1. The van der Waals surface area contributed by atoms with Gasteiger partial charge in [0, 0.05) is 0 Å². The minimum absolute atomic E-state index is 0.239. The highest BCUT2D eigenvalue weighted by molar-refractivity contribution is 5.80. The van der Waals surface area contributed by atoms with E-state index in [9.17, 15) is 40.5 Å². The topological polar surface area (TPSA) is 189 Å². The van der Waals surface area contributed by atoms with E-state index in [2.05, 4.69) is 43.5 Å². The van der Waals surface area contributed by atoms with Crippen LogP contribution in [0.3, 0.4) is 0 Å². The second kappa shape index (κ2) is 30.1. The average Bonchev–Trinajstić information content (AvgIpc) is 3.11. The highest BCUT2D eigenvalue weighted by atomic mass is 16.7. The third kappa shape index (κ3) is 20.6. The number of amides is 1. The highest BCUT2D eigenvalue weighted by Gasteiger charge is 2.44. The molecular formula is C39H73NO10. The molecule has 1 aliphatic rings. The van der Waals surface area contributed by atoms with E-state index in [1.54, 1.807) is 0 Å². The standard InChI is InChI=1S/C39H73NO10/c1-3-5-7-9-11-13-15-17-18-20-22-24-26-31(42)34(44)30(29-49-39-37(47)36(46)35(45)33(28-41)50-39)40-38(48)32(43)27-25-23-21-19-16-14-12-10-8-6-4-2/h12,14,18,20,30-37,39,41-47H,3-11,13,15-17,19,21-29H2,1-2H3,(H,40,48)/b14-12-,20-18+. The molecule has 1 aliphatic heterocycles. The Morgan fingerprint density at radius 3 is 1.76 bits per heavy atom. The zero-order valence-corrected chi connectivity index (χ0v) is 31.1. The normalized spacial score (nSPS) is 23.7. The summed E-state index contributed by atoms with van der Waals surface area (Å²) in [5.41, 5.74) is 0. The van der Waals surface area contributed by atoms with E-state index < -0.39 is 74.2 Å². The Labute approximate surface area is 302 Å². The maximum absolute atomic E-state index is 13.0. The predicted octanol–water partition coefficient (Wildman–Crippen LogP) is 4.71. The number of hydrogen-bond acceptors (Lipinski definition) is 10. The molecule has 0 aliphatic carbocycles. The Balaban J connectivity index is 2.60. The van der Waals surface area contributed by atoms with Crippen LogP contribution in [0.25, 0.3) is 0 Å². The van der Waals surface area contributed by atoms with Gasteiger partial charge in [0.2, 0.25) is 5.91 Å². The van der Waals surface area contributed by atoms with Crippen LogP contribution in [0.4, 0.5) is 0 Å². The Morgan fingerprint density at radius 1 is 0.680 bits per heavy atom. The Morgan fingerprint density at radius 2 is 1.18 bits per heavy atom. The summed E-state index contributed by atoms with van der Waals surface area (Å²) >= 11 is 0. The fourth-order valence-electron chi connectivity index (χ4n) is 6.08. The number of ether oxygens (including phenoxy) is 2. The molecule has 294 valence electrons. The van der Waals surface area contributed by atoms with Crippen LogP contribution in [0.2, 0.25) is 0 Å². The lowest BCUT2D eigenvalue weighted by molar-refractivity contribution is -0.303. The smallest absolute Gasteiger partial charge is 0.249 e. The van der Waals surface area contributed by atoms with Gasteiger partial charge in [0.25, 0.3) is 0 Å². The first-order valence-corrected chi connectivity index (χ1v) is 19.7. The molecule has 1 rings (SSSR count). The average molecular weight is 716 g/mol. The molecule has 1 fully saturated rings. The third-order valence-corrected chi connectivity index (χ3v) is 9.48. The molecule has 0 bridgehead atoms. The fraction of sp³-hybridized carbons (Fsp3) is 0.872. The molecule has 9 unspecified atom stereocenters. The molecule has 0 spiro atoms. The lowest BCUT2D eigenvalue weighted by Crippen LogP contribution is -2.60. The minimum Gasteiger partial charge on any atom is -0.394 e. The van der Waals surface area contributed by atoms with Gasteiger partial charge in [0.1, 0.15) is 36.6 Å². The molecular weight excluding hydrogens is 642 g/mol. The van der Waals surface area contributed by atoms with Crippen LogP contribution in [0.15, 0.2) is 24.3 Å². The van der Waals surface area contributed by atoms with Crippen LogP contribution in [-0.4, -0.2) is 110 Å². The van der Waals surface area contributed by atoms with Gasteiger partial charge in [-0.3, -0.25) is 4.79 Å². The summed E-state index contributed by atoms with van der Waals surface area (Å²) in [4.78, 5) is 13.0. The van der Waals surface area contributed by atoms with Crippen LogP contribution >= 0.6 is 0 Å². The first-order chi connectivity index (χ1) is 24.2. The van der Waals surface area contributed by atoms with E-state index in [4.69, 9.17) is 9.47 Å². The summed E-state index contributed by atoms with van der Waals surface area (Å²) in [6, 6.07) is -1.18. The van der Waals surface area contributed by atoms with Crippen LogP contribution < -0.4 is 5.32 Å². The molecule has 8 N–H and O–H groups in total. The molecule has 1 saturated heterocycles. The maximum Gasteiger partial charge on any atom is 0.249 e. The summed E-state index contributed by atoms with van der Waals surface area (Å²) in [5.74, 6) is -0.720. The number of carbonyl (C=O) groups is 1. The third-order valence-electron chi connectivity index (χ3n) is 9.48. The quantitative estimate of drug-likeness (QED) is 0.0369. The maximum atomic E-state index is 13.0. The molecule has 11 nitrogen and oxygen atoms in total. The van der Waals surface area contributed by atoms with E-state index in [0.717, 1.165) is 51.4 Å². The molecule has 1 heterocycles. The van der Waals surface area contributed by atoms with Gasteiger partial charge in [-0.05, 0) is 64.2 Å². The summed E-state index contributed by atoms with van der Waals surface area (Å²) in [5, 5.41) is 75.1. The summed E-state index contributed by atoms with van der Waals surface area (Å²) in [7, 11) is 0. The summed E-state index contributed by atoms with van der Waals surface area (Å²) in [6.45, 7) is 3.33. The van der Waals surface area contributed by atoms with Crippen molar-refractivity contribution in [3.8, 4) is 0 Å². The zero-order chi connectivity index (χ0) is 37.0. The molecule has 0 aromatic carbocycles. The molecule has 1 amide bonds. The van der Waals surface area contributed by atoms with Gasteiger partial charge in [0.05, 0.1) is 25.4 Å². The van der Waals surface area contributed by atoms with E-state index >= 15 is 0 Å². The molecule has 11 heteroatoms. The van der Waals surface area contributed by atoms with Crippen LogP contribution in [0.5, 0.6) is 0 Å². The van der Waals surface area contributed by atoms with Crippen molar-refractivity contribution in [2.24, 2.45) is 0 Å². The number of unbranched alkanes of at least 4 members (excludes halogenated alkanes) is 15. The lowest BCUT2D eigenvalue weighted by Gasteiger charge is -2.40. The fourth-order valence-corrected chi connectivity index (χ4v) is 6.08. The molecule has 0 aromatic heterocycles. The van der Waals surface area contributed by atoms with Gasteiger partial charge >= 0.3 is 0 Å². The molecule has 0 radical (unpaired) electrons. The van der Waals surface area contributed by atoms with Crippen molar-refractivity contribution >= 4 is 5.91 Å². The second-order valence-electron chi connectivity index (χ2n) is 14.0. The van der Waals surface area contributed by atoms with E-state index in [1.165, 1.54) is 57.8 Å². The van der Waals surface area contributed by atoms with E-state index in [-0.39, 0.29) is 12.8 Å². The number of aliphatic hydroxyl groups excluding tert-OH is 7. The summed E-state index contributed by atoms with van der Waals surface area (Å²) in [6.07, 6.45) is 18.2. The van der Waals surface area contributed by atoms with Crippen LogP contribution in [-0.2, 0) is 14.3 Å². The summed E-state index contributed by atoms with van der Waals surface area (Å²) < 4.78 is 11.0. The highest BCUT2D eigenvalue weighted by Crippen LogP contribution is 2.23. The van der Waals surface area contributed by atoms with Crippen LogP contribution in [0, 0.1) is 0 Å². The van der Waals surface area contributed by atoms with Crippen molar-refractivity contribution < 1.29 is 50.0 Å². The first kappa shape index (κ1) is 46.6. The van der Waals surface area contributed by atoms with Crippen molar-refractivity contribution in [2.75, 3.05) is 13.2 Å². The van der Waals surface area contributed by atoms with Gasteiger partial charge in [-0.1, -0.05) is 109 Å². The number of rotatable bonds is 31. The minimum atomic E-state index is -1.67. The predicted molar refractivity (Wildman–Crippen MR) is 196 cm³/mol. The Bertz CT molecular complexity index is 872. The van der Waals surface area contributed by atoms with Gasteiger partial charge in [-0.15, -0.1) is 0 Å². The van der Waals surface area contributed by atoms with Gasteiger partial charge in [-0.2, -0.15) is 0 Å². The zero-order valence-electron chi connectivity index (χ0n) is 31.1. The van der Waals surface area contributed by atoms with E-state index in [1.807, 2.05) is 0 Å². The second-order valence-corrected chi connectivity index (χ2v) is 14.0. The van der Waals surface area contributed by atoms with Crippen molar-refractivity contribution in [3.05, 3.63) is 24.3 Å². The number of nitrogens with one attached hydrogen (secondary N) is 1. The Kier molecular flexibility index (Phi) is 28.1. The van der Waals surface area contributed by atoms with Gasteiger partial charge < -0.3 is 50.5 Å². The molecule has 0 saturated carbocycles. The van der Waals surface area contributed by atoms with E-state index in [0.29, 0.717) is 12.8 Å². The van der Waals surface area contributed by atoms with Gasteiger partial charge in [-0.25, -0.2) is 0 Å². The SMILES string of the molecule is CCCCC/C=C\CCCCCCC(O)C(=O)NC(COC1OC(CO)C(O)C(O)C1O)C(O)C(O)CCC/C=C/CCCCCCCCC.